The van der Waals surface area contributed by atoms with Gasteiger partial charge < -0.3 is 14.6 Å². The van der Waals surface area contributed by atoms with Crippen LogP contribution in [0.25, 0.3) is 0 Å². The summed E-state index contributed by atoms with van der Waals surface area (Å²) in [4.78, 5) is 10.8. The topological polar surface area (TPSA) is 49.4 Å². The Morgan fingerprint density at radius 1 is 1.50 bits per heavy atom. The molecule has 5 heteroatoms. The molecule has 0 heterocycles. The Balaban J connectivity index is 3.28. The standard InChI is InChI=1S/C9H8Br2O3/c1-2-14-8-6(9(12)13)3-5(10)4-7(8)11/h3-4H,2H2,1H3,(H,12,13)/p-1. The van der Waals surface area contributed by atoms with E-state index in [9.17, 15) is 9.90 Å². The van der Waals surface area contributed by atoms with Gasteiger partial charge in [-0.3, -0.25) is 0 Å². The Bertz CT molecular complexity index is 363. The molecule has 3 nitrogen and oxygen atoms in total. The van der Waals surface area contributed by atoms with E-state index in [1.165, 1.54) is 6.07 Å². The van der Waals surface area contributed by atoms with E-state index in [-0.39, 0.29) is 5.56 Å². The fraction of sp³-hybridized carbons (Fsp3) is 0.222. The molecule has 0 aliphatic carbocycles. The second kappa shape index (κ2) is 4.79. The van der Waals surface area contributed by atoms with Crippen molar-refractivity contribution in [3.63, 3.8) is 0 Å². The lowest BCUT2D eigenvalue weighted by molar-refractivity contribution is -0.255. The molecule has 1 aromatic carbocycles. The predicted octanol–water partition coefficient (Wildman–Crippen LogP) is 1.97. The van der Waals surface area contributed by atoms with Crippen molar-refractivity contribution in [3.05, 3.63) is 26.6 Å². The highest BCUT2D eigenvalue weighted by molar-refractivity contribution is 9.11. The van der Waals surface area contributed by atoms with Crippen LogP contribution in [0.1, 0.15) is 17.3 Å². The third-order valence-corrected chi connectivity index (χ3v) is 2.56. The van der Waals surface area contributed by atoms with Gasteiger partial charge in [0.2, 0.25) is 0 Å². The zero-order valence-corrected chi connectivity index (χ0v) is 10.5. The van der Waals surface area contributed by atoms with Crippen LogP contribution in [0.2, 0.25) is 0 Å². The fourth-order valence-corrected chi connectivity index (χ4v) is 2.34. The zero-order valence-electron chi connectivity index (χ0n) is 7.34. The highest BCUT2D eigenvalue weighted by atomic mass is 79.9. The van der Waals surface area contributed by atoms with Crippen LogP contribution in [-0.4, -0.2) is 12.6 Å². The molecule has 14 heavy (non-hydrogen) atoms. The summed E-state index contributed by atoms with van der Waals surface area (Å²) in [7, 11) is 0. The van der Waals surface area contributed by atoms with Crippen LogP contribution in [0.4, 0.5) is 0 Å². The van der Waals surface area contributed by atoms with Crippen molar-refractivity contribution in [3.8, 4) is 5.75 Å². The highest BCUT2D eigenvalue weighted by Crippen LogP contribution is 2.32. The van der Waals surface area contributed by atoms with Gasteiger partial charge in [-0.1, -0.05) is 15.9 Å². The van der Waals surface area contributed by atoms with E-state index >= 15 is 0 Å². The molecule has 0 bridgehead atoms. The van der Waals surface area contributed by atoms with Gasteiger partial charge >= 0.3 is 0 Å². The minimum absolute atomic E-state index is 0.0353. The monoisotopic (exact) mass is 321 g/mol. The number of aromatic carboxylic acids is 1. The molecule has 0 aromatic heterocycles. The van der Waals surface area contributed by atoms with Gasteiger partial charge in [0.1, 0.15) is 5.75 Å². The third kappa shape index (κ3) is 2.48. The van der Waals surface area contributed by atoms with E-state index in [1.54, 1.807) is 13.0 Å². The van der Waals surface area contributed by atoms with Gasteiger partial charge in [-0.05, 0) is 35.0 Å². The molecular weight excluding hydrogens is 316 g/mol. The van der Waals surface area contributed by atoms with E-state index in [4.69, 9.17) is 4.74 Å². The first kappa shape index (κ1) is 11.5. The smallest absolute Gasteiger partial charge is 0.142 e. The predicted molar refractivity (Wildman–Crippen MR) is 57.3 cm³/mol. The third-order valence-electron chi connectivity index (χ3n) is 1.52. The highest BCUT2D eigenvalue weighted by Gasteiger charge is 2.10. The molecule has 0 aliphatic rings. The first-order valence-corrected chi connectivity index (χ1v) is 5.48. The summed E-state index contributed by atoms with van der Waals surface area (Å²) in [5, 5.41) is 10.8. The van der Waals surface area contributed by atoms with Gasteiger partial charge in [-0.15, -0.1) is 0 Å². The van der Waals surface area contributed by atoms with Crippen molar-refractivity contribution in [2.45, 2.75) is 6.92 Å². The van der Waals surface area contributed by atoms with E-state index < -0.39 is 5.97 Å². The van der Waals surface area contributed by atoms with Crippen molar-refractivity contribution >= 4 is 37.8 Å². The van der Waals surface area contributed by atoms with Crippen LogP contribution in [0.5, 0.6) is 5.75 Å². The van der Waals surface area contributed by atoms with E-state index in [2.05, 4.69) is 31.9 Å². The van der Waals surface area contributed by atoms with E-state index in [0.717, 1.165) is 0 Å². The van der Waals surface area contributed by atoms with Gasteiger partial charge in [0.25, 0.3) is 0 Å². The van der Waals surface area contributed by atoms with E-state index in [1.807, 2.05) is 0 Å². The normalized spacial score (nSPS) is 9.93. The van der Waals surface area contributed by atoms with Crippen molar-refractivity contribution in [1.29, 1.82) is 0 Å². The number of ether oxygens (including phenoxy) is 1. The Kier molecular flexibility index (Phi) is 3.95. The van der Waals surface area contributed by atoms with Crippen LogP contribution in [0.3, 0.4) is 0 Å². The summed E-state index contributed by atoms with van der Waals surface area (Å²) in [5.41, 5.74) is 0.0353. The molecule has 0 aliphatic heterocycles. The number of carboxylic acids is 1. The van der Waals surface area contributed by atoms with E-state index in [0.29, 0.717) is 21.3 Å². The first-order valence-electron chi connectivity index (χ1n) is 3.89. The number of halogens is 2. The van der Waals surface area contributed by atoms with Crippen molar-refractivity contribution in [2.75, 3.05) is 6.61 Å². The zero-order chi connectivity index (χ0) is 10.7. The van der Waals surface area contributed by atoms with Crippen LogP contribution in [0.15, 0.2) is 21.1 Å². The summed E-state index contributed by atoms with van der Waals surface area (Å²) in [6.07, 6.45) is 0. The summed E-state index contributed by atoms with van der Waals surface area (Å²) >= 11 is 6.41. The van der Waals surface area contributed by atoms with Crippen LogP contribution >= 0.6 is 31.9 Å². The maximum atomic E-state index is 10.8. The molecule has 0 radical (unpaired) electrons. The molecule has 76 valence electrons. The number of benzene rings is 1. The number of rotatable bonds is 3. The second-order valence-electron chi connectivity index (χ2n) is 2.48. The molecule has 0 fully saturated rings. The lowest BCUT2D eigenvalue weighted by Crippen LogP contribution is -2.23. The van der Waals surface area contributed by atoms with Crippen molar-refractivity contribution in [1.82, 2.24) is 0 Å². The summed E-state index contributed by atoms with van der Waals surface area (Å²) in [6.45, 7) is 2.19. The van der Waals surface area contributed by atoms with Gasteiger partial charge in [0, 0.05) is 10.0 Å². The Labute approximate surface area is 98.3 Å². The summed E-state index contributed by atoms with van der Waals surface area (Å²) in [5.74, 6) is -0.953. The molecular formula is C9H7Br2O3-. The number of hydrogen-bond donors (Lipinski definition) is 0. The van der Waals surface area contributed by atoms with Gasteiger partial charge in [0.15, 0.2) is 0 Å². The van der Waals surface area contributed by atoms with Gasteiger partial charge in [-0.2, -0.15) is 0 Å². The molecule has 1 rings (SSSR count). The number of hydrogen-bond acceptors (Lipinski definition) is 3. The molecule has 0 saturated carbocycles. The second-order valence-corrected chi connectivity index (χ2v) is 4.25. The molecule has 0 amide bonds. The maximum Gasteiger partial charge on any atom is 0.142 e. The summed E-state index contributed by atoms with van der Waals surface area (Å²) < 4.78 is 6.45. The molecule has 0 N–H and O–H groups in total. The fourth-order valence-electron chi connectivity index (χ4n) is 1.00. The molecule has 1 aromatic rings. The minimum Gasteiger partial charge on any atom is -0.545 e. The molecule has 0 atom stereocenters. The largest absolute Gasteiger partial charge is 0.545 e. The lowest BCUT2D eigenvalue weighted by atomic mass is 10.2. The quantitative estimate of drug-likeness (QED) is 0.855. The Morgan fingerprint density at radius 3 is 2.64 bits per heavy atom. The molecule has 0 spiro atoms. The van der Waals surface area contributed by atoms with Crippen LogP contribution < -0.4 is 9.84 Å². The van der Waals surface area contributed by atoms with Gasteiger partial charge in [-0.25, -0.2) is 0 Å². The lowest BCUT2D eigenvalue weighted by Gasteiger charge is -2.13. The number of carbonyl (C=O) groups excluding carboxylic acids is 1. The van der Waals surface area contributed by atoms with Crippen molar-refractivity contribution < 1.29 is 14.6 Å². The average Bonchev–Trinajstić information content (AvgIpc) is 2.09. The number of carbonyl (C=O) groups is 1. The molecule has 0 unspecified atom stereocenters. The Morgan fingerprint density at radius 2 is 2.14 bits per heavy atom. The summed E-state index contributed by atoms with van der Waals surface area (Å²) in [6, 6.07) is 3.17. The first-order chi connectivity index (χ1) is 6.56. The van der Waals surface area contributed by atoms with Crippen molar-refractivity contribution in [2.24, 2.45) is 0 Å². The molecule has 0 saturated heterocycles. The van der Waals surface area contributed by atoms with Gasteiger partial charge in [0.05, 0.1) is 17.0 Å². The average molecular weight is 323 g/mol. The Hall–Kier alpha value is -0.550. The van der Waals surface area contributed by atoms with Crippen LogP contribution in [0, 0.1) is 0 Å². The maximum absolute atomic E-state index is 10.8. The number of carboxylic acid groups (broad SMARTS) is 1. The minimum atomic E-state index is -1.25. The van der Waals surface area contributed by atoms with Crippen LogP contribution in [-0.2, 0) is 0 Å². The SMILES string of the molecule is CCOc1c(Br)cc(Br)cc1C(=O)[O-].